The first kappa shape index (κ1) is 23.1. The number of hydrogen-bond acceptors (Lipinski definition) is 6. The van der Waals surface area contributed by atoms with Crippen LogP contribution in [0.4, 0.5) is 0 Å². The molecule has 0 amide bonds. The highest BCUT2D eigenvalue weighted by atomic mass is 32.1. The minimum atomic E-state index is 1.34. The fourth-order valence-corrected chi connectivity index (χ4v) is 11.3. The van der Waals surface area contributed by atoms with E-state index in [2.05, 4.69) is 108 Å². The molecule has 6 heterocycles. The standard InChI is InChI=1S/C32H18S6/c1-3-9-21-19(7-1)29(31(37-21)27-15-13-25(35-27)23-11-5-17-33-23)30-20-8-2-4-10-22(20)38-32(30)28-16-14-26(36-28)24-12-6-18-34-24/h1-18H. The maximum atomic E-state index is 2.32. The Morgan fingerprint density at radius 1 is 0.342 bits per heavy atom. The van der Waals surface area contributed by atoms with Gasteiger partial charge in [-0.3, -0.25) is 0 Å². The van der Waals surface area contributed by atoms with Gasteiger partial charge in [0.2, 0.25) is 0 Å². The maximum absolute atomic E-state index is 2.32. The van der Waals surface area contributed by atoms with Gasteiger partial charge in [-0.1, -0.05) is 48.5 Å². The van der Waals surface area contributed by atoms with Gasteiger partial charge in [-0.15, -0.1) is 68.0 Å². The Hall–Kier alpha value is -2.84. The molecule has 0 radical (unpaired) electrons. The van der Waals surface area contributed by atoms with Crippen LogP contribution in [0.1, 0.15) is 0 Å². The van der Waals surface area contributed by atoms with Crippen molar-refractivity contribution in [3.8, 4) is 50.1 Å². The van der Waals surface area contributed by atoms with E-state index >= 15 is 0 Å². The molecule has 6 aromatic heterocycles. The summed E-state index contributed by atoms with van der Waals surface area (Å²) in [4.78, 5) is 10.8. The summed E-state index contributed by atoms with van der Waals surface area (Å²) in [5.41, 5.74) is 2.76. The van der Waals surface area contributed by atoms with Gasteiger partial charge in [-0.05, 0) is 59.3 Å². The Labute approximate surface area is 244 Å². The molecular weight excluding hydrogens is 577 g/mol. The van der Waals surface area contributed by atoms with Gasteiger partial charge in [0.25, 0.3) is 0 Å². The molecule has 0 aliphatic heterocycles. The number of benzene rings is 2. The van der Waals surface area contributed by atoms with Gasteiger partial charge < -0.3 is 0 Å². The minimum Gasteiger partial charge on any atom is -0.143 e. The predicted octanol–water partition coefficient (Wildman–Crippen LogP) is 12.7. The van der Waals surface area contributed by atoms with E-state index in [1.807, 2.05) is 68.0 Å². The first-order chi connectivity index (χ1) is 18.8. The average Bonchev–Trinajstić information content (AvgIpc) is 3.77. The van der Waals surface area contributed by atoms with Crippen molar-refractivity contribution in [1.29, 1.82) is 0 Å². The molecule has 0 saturated carbocycles. The molecule has 0 unspecified atom stereocenters. The second-order valence-electron chi connectivity index (χ2n) is 8.89. The number of hydrogen-bond donors (Lipinski definition) is 0. The van der Waals surface area contributed by atoms with Crippen molar-refractivity contribution < 1.29 is 0 Å². The van der Waals surface area contributed by atoms with Crippen LogP contribution in [0.25, 0.3) is 70.3 Å². The van der Waals surface area contributed by atoms with E-state index < -0.39 is 0 Å². The molecule has 0 saturated heterocycles. The molecule has 0 fully saturated rings. The summed E-state index contributed by atoms with van der Waals surface area (Å²) in [7, 11) is 0. The summed E-state index contributed by atoms with van der Waals surface area (Å²) in [6.45, 7) is 0. The zero-order chi connectivity index (χ0) is 25.1. The van der Waals surface area contributed by atoms with Crippen molar-refractivity contribution in [2.24, 2.45) is 0 Å². The second kappa shape index (κ2) is 9.42. The maximum Gasteiger partial charge on any atom is 0.0534 e. The topological polar surface area (TPSA) is 0 Å². The highest BCUT2D eigenvalue weighted by molar-refractivity contribution is 7.30. The third-order valence-electron chi connectivity index (χ3n) is 6.63. The van der Waals surface area contributed by atoms with Crippen LogP contribution in [0, 0.1) is 0 Å². The Balaban J connectivity index is 1.40. The highest BCUT2D eigenvalue weighted by Gasteiger charge is 2.25. The van der Waals surface area contributed by atoms with Gasteiger partial charge in [0.1, 0.15) is 0 Å². The van der Waals surface area contributed by atoms with Crippen LogP contribution in [-0.4, -0.2) is 0 Å². The zero-order valence-corrected chi connectivity index (χ0v) is 24.7. The lowest BCUT2D eigenvalue weighted by Crippen LogP contribution is -1.80. The Bertz CT molecular complexity index is 1870. The van der Waals surface area contributed by atoms with E-state index in [1.165, 1.54) is 70.3 Å². The molecule has 182 valence electrons. The van der Waals surface area contributed by atoms with Crippen LogP contribution in [0.2, 0.25) is 0 Å². The SMILES string of the molecule is c1csc(-c2ccc(-c3sc4ccccc4c3-c3c(-c4ccc(-c5cccs5)s4)sc4ccccc34)s2)c1. The van der Waals surface area contributed by atoms with Crippen LogP contribution < -0.4 is 0 Å². The van der Waals surface area contributed by atoms with Crippen molar-refractivity contribution in [1.82, 2.24) is 0 Å². The van der Waals surface area contributed by atoms with Crippen molar-refractivity contribution in [3.63, 3.8) is 0 Å². The molecule has 0 aliphatic rings. The molecule has 38 heavy (non-hydrogen) atoms. The van der Waals surface area contributed by atoms with E-state index in [-0.39, 0.29) is 0 Å². The van der Waals surface area contributed by atoms with Crippen LogP contribution in [0.3, 0.4) is 0 Å². The molecule has 0 aliphatic carbocycles. The van der Waals surface area contributed by atoms with Crippen molar-refractivity contribution in [3.05, 3.63) is 108 Å². The monoisotopic (exact) mass is 594 g/mol. The summed E-state index contributed by atoms with van der Waals surface area (Å²) in [5.74, 6) is 0. The van der Waals surface area contributed by atoms with Gasteiger partial charge in [0.05, 0.1) is 9.75 Å². The van der Waals surface area contributed by atoms with Crippen molar-refractivity contribution in [2.45, 2.75) is 0 Å². The summed E-state index contributed by atoms with van der Waals surface area (Å²) >= 11 is 11.3. The quantitative estimate of drug-likeness (QED) is 0.186. The predicted molar refractivity (Wildman–Crippen MR) is 176 cm³/mol. The smallest absolute Gasteiger partial charge is 0.0534 e. The lowest BCUT2D eigenvalue weighted by molar-refractivity contribution is 1.80. The number of rotatable bonds is 5. The average molecular weight is 595 g/mol. The van der Waals surface area contributed by atoms with E-state index in [0.717, 1.165) is 0 Å². The molecular formula is C32H18S6. The van der Waals surface area contributed by atoms with E-state index in [4.69, 9.17) is 0 Å². The van der Waals surface area contributed by atoms with Gasteiger partial charge in [-0.25, -0.2) is 0 Å². The number of fused-ring (bicyclic) bond motifs is 2. The molecule has 6 heteroatoms. The van der Waals surface area contributed by atoms with Gasteiger partial charge >= 0.3 is 0 Å². The minimum absolute atomic E-state index is 1.34. The zero-order valence-electron chi connectivity index (χ0n) is 19.8. The van der Waals surface area contributed by atoms with E-state index in [1.54, 1.807) is 0 Å². The number of thiophene rings is 6. The van der Waals surface area contributed by atoms with Gasteiger partial charge in [0, 0.05) is 60.6 Å². The molecule has 0 bridgehead atoms. The fraction of sp³-hybridized carbons (Fsp3) is 0. The summed E-state index contributed by atoms with van der Waals surface area (Å²) in [6.07, 6.45) is 0. The molecule has 0 nitrogen and oxygen atoms in total. The van der Waals surface area contributed by atoms with Crippen molar-refractivity contribution >= 4 is 88.2 Å². The Morgan fingerprint density at radius 2 is 0.789 bits per heavy atom. The van der Waals surface area contributed by atoms with Gasteiger partial charge in [0.15, 0.2) is 0 Å². The second-order valence-corrected chi connectivity index (χ2v) is 15.1. The van der Waals surface area contributed by atoms with E-state index in [9.17, 15) is 0 Å². The van der Waals surface area contributed by atoms with Crippen LogP contribution in [0.5, 0.6) is 0 Å². The lowest BCUT2D eigenvalue weighted by Gasteiger charge is -2.07. The van der Waals surface area contributed by atoms with Gasteiger partial charge in [-0.2, -0.15) is 0 Å². The van der Waals surface area contributed by atoms with Crippen LogP contribution >= 0.6 is 68.0 Å². The summed E-state index contributed by atoms with van der Waals surface area (Å²) in [6, 6.07) is 35.8. The van der Waals surface area contributed by atoms with Crippen molar-refractivity contribution in [2.75, 3.05) is 0 Å². The lowest BCUT2D eigenvalue weighted by atomic mass is 9.97. The highest BCUT2D eigenvalue weighted by Crippen LogP contribution is 2.55. The molecule has 8 rings (SSSR count). The van der Waals surface area contributed by atoms with Crippen LogP contribution in [0.15, 0.2) is 108 Å². The molecule has 0 N–H and O–H groups in total. The molecule has 0 spiro atoms. The normalized spacial score (nSPS) is 11.7. The van der Waals surface area contributed by atoms with E-state index in [0.29, 0.717) is 0 Å². The third kappa shape index (κ3) is 3.79. The van der Waals surface area contributed by atoms with Crippen LogP contribution in [-0.2, 0) is 0 Å². The Kier molecular flexibility index (Phi) is 5.72. The first-order valence-corrected chi connectivity index (χ1v) is 17.2. The fourth-order valence-electron chi connectivity index (χ4n) is 4.96. The summed E-state index contributed by atoms with van der Waals surface area (Å²) in [5, 5.41) is 7.01. The molecule has 0 atom stereocenters. The summed E-state index contributed by atoms with van der Waals surface area (Å²) < 4.78 is 2.69. The molecule has 2 aromatic carbocycles. The largest absolute Gasteiger partial charge is 0.143 e. The Morgan fingerprint density at radius 3 is 1.24 bits per heavy atom. The molecule has 8 aromatic rings. The third-order valence-corrected chi connectivity index (χ3v) is 13.6. The first-order valence-electron chi connectivity index (χ1n) is 12.1.